The van der Waals surface area contributed by atoms with Crippen LogP contribution in [0.3, 0.4) is 0 Å². The molecule has 1 aromatic rings. The van der Waals surface area contributed by atoms with Gasteiger partial charge in [0.05, 0.1) is 18.7 Å². The maximum atomic E-state index is 13.4. The lowest BCUT2D eigenvalue weighted by atomic mass is 9.32. The molecule has 1 heterocycles. The number of aromatic nitrogens is 1. The molecule has 5 aliphatic rings. The van der Waals surface area contributed by atoms with E-state index in [1.54, 1.807) is 7.11 Å². The van der Waals surface area contributed by atoms with Crippen molar-refractivity contribution in [3.63, 3.8) is 0 Å². The van der Waals surface area contributed by atoms with Gasteiger partial charge in [-0.2, -0.15) is 0 Å². The van der Waals surface area contributed by atoms with E-state index >= 15 is 0 Å². The highest BCUT2D eigenvalue weighted by molar-refractivity contribution is 5.78. The van der Waals surface area contributed by atoms with E-state index in [0.717, 1.165) is 25.0 Å². The number of carbonyl (C=O) groups excluding carboxylic acids is 1. The third-order valence-electron chi connectivity index (χ3n) is 13.9. The number of ether oxygens (including phenoxy) is 1. The summed E-state index contributed by atoms with van der Waals surface area (Å²) in [7, 11) is 1.62. The quantitative estimate of drug-likeness (QED) is 0.396. The first-order chi connectivity index (χ1) is 16.9. The van der Waals surface area contributed by atoms with Gasteiger partial charge in [-0.15, -0.1) is 0 Å². The fraction of sp³-hybridized carbons (Fsp3) is 0.875. The Kier molecular flexibility index (Phi) is 5.29. The van der Waals surface area contributed by atoms with Crippen molar-refractivity contribution in [1.82, 2.24) is 5.16 Å². The monoisotopic (exact) mass is 495 g/mol. The smallest absolute Gasteiger partial charge is 0.312 e. The highest BCUT2D eigenvalue weighted by atomic mass is 16.5. The van der Waals surface area contributed by atoms with Crippen LogP contribution in [0.2, 0.25) is 0 Å². The second-order valence-electron chi connectivity index (χ2n) is 15.4. The molecular formula is C32H49NO3. The van der Waals surface area contributed by atoms with Crippen LogP contribution in [0.4, 0.5) is 0 Å². The Morgan fingerprint density at radius 2 is 1.72 bits per heavy atom. The van der Waals surface area contributed by atoms with Crippen LogP contribution in [0.15, 0.2) is 10.7 Å². The van der Waals surface area contributed by atoms with Crippen LogP contribution in [0.25, 0.3) is 0 Å². The van der Waals surface area contributed by atoms with Crippen LogP contribution in [-0.2, 0) is 21.4 Å². The SMILES string of the molecule is COC(=O)[C@]12CC[C@@H](C(C)C)C1C1CC[C@@H]3[C@@]4(C)Cc5cnoc5C(C)(C)C4CC[C@@]3(C)[C@]1(C)CC2. The third-order valence-corrected chi connectivity index (χ3v) is 13.9. The lowest BCUT2D eigenvalue weighted by Gasteiger charge is -2.72. The Bertz CT molecular complexity index is 1060. The van der Waals surface area contributed by atoms with Gasteiger partial charge in [0.25, 0.3) is 0 Å². The molecule has 0 amide bonds. The van der Waals surface area contributed by atoms with Crippen molar-refractivity contribution in [2.45, 2.75) is 112 Å². The molecule has 0 bridgehead atoms. The van der Waals surface area contributed by atoms with Crippen molar-refractivity contribution < 1.29 is 14.1 Å². The number of nitrogens with zero attached hydrogens (tertiary/aromatic N) is 1. The lowest BCUT2D eigenvalue weighted by molar-refractivity contribution is -0.231. The van der Waals surface area contributed by atoms with Crippen LogP contribution in [-0.4, -0.2) is 18.2 Å². The molecule has 4 nitrogen and oxygen atoms in total. The Hall–Kier alpha value is -1.32. The summed E-state index contributed by atoms with van der Waals surface area (Å²) in [5.41, 5.74) is 1.94. The zero-order valence-corrected chi connectivity index (χ0v) is 24.1. The van der Waals surface area contributed by atoms with Crippen molar-refractivity contribution in [2.75, 3.05) is 7.11 Å². The number of fused-ring (bicyclic) bond motifs is 8. The van der Waals surface area contributed by atoms with Gasteiger partial charge in [0, 0.05) is 11.0 Å². The normalized spacial score (nSPS) is 48.9. The highest BCUT2D eigenvalue weighted by Crippen LogP contribution is 2.77. The molecule has 6 rings (SSSR count). The minimum Gasteiger partial charge on any atom is -0.469 e. The van der Waals surface area contributed by atoms with Crippen LogP contribution in [0.1, 0.15) is 111 Å². The Balaban J connectivity index is 1.43. The number of hydrogen-bond donors (Lipinski definition) is 0. The zero-order valence-electron chi connectivity index (χ0n) is 24.1. The van der Waals surface area contributed by atoms with Crippen molar-refractivity contribution in [1.29, 1.82) is 0 Å². The van der Waals surface area contributed by atoms with Crippen molar-refractivity contribution >= 4 is 5.97 Å². The number of rotatable bonds is 2. The van der Waals surface area contributed by atoms with Crippen molar-refractivity contribution in [3.8, 4) is 0 Å². The maximum absolute atomic E-state index is 13.4. The van der Waals surface area contributed by atoms with Gasteiger partial charge in [-0.25, -0.2) is 0 Å². The van der Waals surface area contributed by atoms with E-state index in [2.05, 4.69) is 53.6 Å². The van der Waals surface area contributed by atoms with Gasteiger partial charge in [-0.05, 0) is 110 Å². The second-order valence-corrected chi connectivity index (χ2v) is 15.4. The third kappa shape index (κ3) is 2.78. The predicted molar refractivity (Wildman–Crippen MR) is 141 cm³/mol. The predicted octanol–water partition coefficient (Wildman–Crippen LogP) is 7.60. The summed E-state index contributed by atoms with van der Waals surface area (Å²) in [5.74, 6) is 4.88. The molecule has 0 radical (unpaired) electrons. The summed E-state index contributed by atoms with van der Waals surface area (Å²) in [6, 6.07) is 0. The molecule has 9 atom stereocenters. The Morgan fingerprint density at radius 3 is 2.42 bits per heavy atom. The van der Waals surface area contributed by atoms with Gasteiger partial charge in [-0.3, -0.25) is 4.79 Å². The summed E-state index contributed by atoms with van der Waals surface area (Å²) in [6.45, 7) is 17.6. The molecule has 0 aromatic carbocycles. The molecule has 0 aliphatic heterocycles. The Morgan fingerprint density at radius 1 is 0.972 bits per heavy atom. The fourth-order valence-electron chi connectivity index (χ4n) is 12.2. The Labute approximate surface area is 218 Å². The van der Waals surface area contributed by atoms with Crippen LogP contribution >= 0.6 is 0 Å². The molecule has 0 saturated heterocycles. The molecule has 4 saturated carbocycles. The van der Waals surface area contributed by atoms with E-state index in [9.17, 15) is 4.79 Å². The van der Waals surface area contributed by atoms with E-state index in [1.807, 2.05) is 6.20 Å². The summed E-state index contributed by atoms with van der Waals surface area (Å²) in [4.78, 5) is 13.4. The van der Waals surface area contributed by atoms with E-state index in [0.29, 0.717) is 35.5 Å². The number of hydrogen-bond acceptors (Lipinski definition) is 4. The molecule has 5 aliphatic carbocycles. The van der Waals surface area contributed by atoms with Gasteiger partial charge < -0.3 is 9.26 Å². The second kappa shape index (κ2) is 7.63. The zero-order chi connectivity index (χ0) is 25.9. The van der Waals surface area contributed by atoms with E-state index in [1.165, 1.54) is 44.1 Å². The number of methoxy groups -OCH3 is 1. The van der Waals surface area contributed by atoms with E-state index in [-0.39, 0.29) is 33.0 Å². The molecule has 0 spiro atoms. The van der Waals surface area contributed by atoms with E-state index < -0.39 is 0 Å². The summed E-state index contributed by atoms with van der Waals surface area (Å²) >= 11 is 0. The summed E-state index contributed by atoms with van der Waals surface area (Å²) in [5, 5.41) is 4.26. The van der Waals surface area contributed by atoms with Crippen molar-refractivity contribution in [2.24, 2.45) is 57.2 Å². The highest BCUT2D eigenvalue weighted by Gasteiger charge is 2.72. The van der Waals surface area contributed by atoms with E-state index in [4.69, 9.17) is 9.26 Å². The van der Waals surface area contributed by atoms with Gasteiger partial charge in [0.2, 0.25) is 0 Å². The van der Waals surface area contributed by atoms with Crippen molar-refractivity contribution in [3.05, 3.63) is 17.5 Å². The lowest BCUT2D eigenvalue weighted by Crippen LogP contribution is -2.67. The van der Waals surface area contributed by atoms with Gasteiger partial charge >= 0.3 is 5.97 Å². The van der Waals surface area contributed by atoms with Gasteiger partial charge in [0.15, 0.2) is 0 Å². The average molecular weight is 496 g/mol. The molecule has 36 heavy (non-hydrogen) atoms. The van der Waals surface area contributed by atoms with Gasteiger partial charge in [0.1, 0.15) is 5.76 Å². The standard InChI is InChI=1S/C32H49NO3/c1-19(2)21-11-14-32(27(34)35-8)16-15-30(6)22(25(21)32)9-10-24-29(5)17-20-18-33-36-26(20)28(3,4)23(29)12-13-31(24,30)7/h18-19,21-25H,9-17H2,1-8H3/t21-,22?,23?,24+,25?,29-,30+,31+,32-/m0/s1. The molecule has 1 aromatic heterocycles. The summed E-state index contributed by atoms with van der Waals surface area (Å²) < 4.78 is 11.4. The minimum absolute atomic E-state index is 0.0265. The molecule has 200 valence electrons. The summed E-state index contributed by atoms with van der Waals surface area (Å²) in [6.07, 6.45) is 12.6. The minimum atomic E-state index is -0.248. The van der Waals surface area contributed by atoms with Gasteiger partial charge in [-0.1, -0.05) is 53.6 Å². The maximum Gasteiger partial charge on any atom is 0.312 e. The largest absolute Gasteiger partial charge is 0.469 e. The van der Waals surface area contributed by atoms with Crippen LogP contribution in [0, 0.1) is 57.2 Å². The van der Waals surface area contributed by atoms with Crippen LogP contribution < -0.4 is 0 Å². The first kappa shape index (κ1) is 25.0. The molecule has 4 fully saturated rings. The fourth-order valence-corrected chi connectivity index (χ4v) is 12.2. The van der Waals surface area contributed by atoms with Crippen LogP contribution in [0.5, 0.6) is 0 Å². The first-order valence-corrected chi connectivity index (χ1v) is 14.9. The molecule has 3 unspecified atom stereocenters. The molecular weight excluding hydrogens is 446 g/mol. The topological polar surface area (TPSA) is 52.3 Å². The number of esters is 1. The first-order valence-electron chi connectivity index (χ1n) is 14.9. The molecule has 4 heteroatoms. The molecule has 0 N–H and O–H groups in total. The average Bonchev–Trinajstić information content (AvgIpc) is 3.44. The number of carbonyl (C=O) groups is 1.